The van der Waals surface area contributed by atoms with E-state index >= 15 is 0 Å². The van der Waals surface area contributed by atoms with E-state index in [-0.39, 0.29) is 17.3 Å². The van der Waals surface area contributed by atoms with Crippen LogP contribution in [-0.4, -0.2) is 35.2 Å². The quantitative estimate of drug-likeness (QED) is 0.327. The van der Waals surface area contributed by atoms with Gasteiger partial charge in [-0.25, -0.2) is 4.57 Å². The monoisotopic (exact) mass is 452 g/mol. The Labute approximate surface area is 178 Å². The molecule has 0 spiro atoms. The highest BCUT2D eigenvalue weighted by molar-refractivity contribution is 7.99. The summed E-state index contributed by atoms with van der Waals surface area (Å²) in [5.41, 5.74) is 0.873. The molecule has 0 bridgehead atoms. The number of methoxy groups -OCH3 is 1. The number of carbonyl (C=O) groups is 1. The summed E-state index contributed by atoms with van der Waals surface area (Å²) < 4.78 is 32.1. The molecule has 2 N–H and O–H groups in total. The van der Waals surface area contributed by atoms with E-state index in [4.69, 9.17) is 24.0 Å². The lowest BCUT2D eigenvalue weighted by molar-refractivity contribution is 0.104. The summed E-state index contributed by atoms with van der Waals surface area (Å²) in [5.74, 6) is 1.36. The van der Waals surface area contributed by atoms with E-state index in [1.807, 2.05) is 13.0 Å². The lowest BCUT2D eigenvalue weighted by Crippen LogP contribution is -2.03. The SMILES string of the molecule is CCCOc1cc2c(cc1C(=O)C=Cc1ccc(OC)c(OP(=O)(O)O)c1)OCS2. The number of benzene rings is 2. The molecule has 0 saturated heterocycles. The van der Waals surface area contributed by atoms with Crippen molar-refractivity contribution in [3.8, 4) is 23.0 Å². The molecule has 8 nitrogen and oxygen atoms in total. The van der Waals surface area contributed by atoms with Crippen molar-refractivity contribution in [3.63, 3.8) is 0 Å². The second-order valence-corrected chi connectivity index (χ2v) is 8.37. The molecule has 0 fully saturated rings. The Bertz CT molecular complexity index is 1010. The van der Waals surface area contributed by atoms with Crippen LogP contribution in [0.1, 0.15) is 29.3 Å². The maximum atomic E-state index is 12.8. The molecule has 0 aliphatic carbocycles. The first-order valence-electron chi connectivity index (χ1n) is 9.02. The largest absolute Gasteiger partial charge is 0.524 e. The second kappa shape index (κ2) is 9.57. The molecule has 160 valence electrons. The zero-order valence-corrected chi connectivity index (χ0v) is 18.1. The molecular formula is C20H21O8PS. The predicted octanol–water partition coefficient (Wildman–Crippen LogP) is 4.29. The Hall–Kier alpha value is -2.45. The number of thioether (sulfide) groups is 1. The maximum Gasteiger partial charge on any atom is 0.524 e. The van der Waals surface area contributed by atoms with E-state index in [0.29, 0.717) is 35.2 Å². The van der Waals surface area contributed by atoms with E-state index in [1.54, 1.807) is 12.1 Å². The van der Waals surface area contributed by atoms with Crippen LogP contribution in [0.15, 0.2) is 41.3 Å². The molecule has 30 heavy (non-hydrogen) atoms. The van der Waals surface area contributed by atoms with Gasteiger partial charge in [0.2, 0.25) is 0 Å². The van der Waals surface area contributed by atoms with Crippen LogP contribution >= 0.6 is 19.6 Å². The normalized spacial score (nSPS) is 13.1. The second-order valence-electron chi connectivity index (χ2n) is 6.24. The molecule has 2 aromatic rings. The van der Waals surface area contributed by atoms with Crippen LogP contribution in [-0.2, 0) is 4.57 Å². The molecule has 1 aliphatic heterocycles. The highest BCUT2D eigenvalue weighted by atomic mass is 32.2. The molecule has 0 unspecified atom stereocenters. The molecule has 0 radical (unpaired) electrons. The fraction of sp³-hybridized carbons (Fsp3) is 0.250. The van der Waals surface area contributed by atoms with Crippen LogP contribution in [0, 0.1) is 0 Å². The highest BCUT2D eigenvalue weighted by Crippen LogP contribution is 2.43. The minimum atomic E-state index is -4.76. The molecule has 1 heterocycles. The number of carbonyl (C=O) groups excluding carboxylic acids is 1. The van der Waals surface area contributed by atoms with Gasteiger partial charge in [0.05, 0.1) is 24.2 Å². The number of phosphoric ester groups is 1. The number of hydrogen-bond acceptors (Lipinski definition) is 7. The Morgan fingerprint density at radius 1 is 1.23 bits per heavy atom. The minimum absolute atomic E-state index is 0.129. The zero-order valence-electron chi connectivity index (χ0n) is 16.4. The van der Waals surface area contributed by atoms with E-state index in [0.717, 1.165) is 11.3 Å². The van der Waals surface area contributed by atoms with Crippen LogP contribution in [0.4, 0.5) is 0 Å². The van der Waals surface area contributed by atoms with Crippen molar-refractivity contribution in [2.24, 2.45) is 0 Å². The first-order valence-corrected chi connectivity index (χ1v) is 11.5. The Kier molecular flexibility index (Phi) is 7.10. The lowest BCUT2D eigenvalue weighted by atomic mass is 10.1. The summed E-state index contributed by atoms with van der Waals surface area (Å²) in [7, 11) is -3.41. The Balaban J connectivity index is 1.87. The van der Waals surface area contributed by atoms with Crippen LogP contribution in [0.2, 0.25) is 0 Å². The van der Waals surface area contributed by atoms with Gasteiger partial charge in [0.25, 0.3) is 0 Å². The molecule has 0 saturated carbocycles. The van der Waals surface area contributed by atoms with Crippen molar-refractivity contribution in [1.29, 1.82) is 0 Å². The predicted molar refractivity (Wildman–Crippen MR) is 113 cm³/mol. The van der Waals surface area contributed by atoms with Gasteiger partial charge in [-0.3, -0.25) is 14.6 Å². The Morgan fingerprint density at radius 3 is 2.73 bits per heavy atom. The van der Waals surface area contributed by atoms with Crippen LogP contribution in [0.5, 0.6) is 23.0 Å². The summed E-state index contributed by atoms with van der Waals surface area (Å²) in [4.78, 5) is 31.9. The molecular weight excluding hydrogens is 431 g/mol. The van der Waals surface area contributed by atoms with Gasteiger partial charge in [-0.15, -0.1) is 0 Å². The van der Waals surface area contributed by atoms with E-state index < -0.39 is 7.82 Å². The molecule has 10 heteroatoms. The van der Waals surface area contributed by atoms with Gasteiger partial charge in [0, 0.05) is 0 Å². The molecule has 3 rings (SSSR count). The molecule has 1 aliphatic rings. The van der Waals surface area contributed by atoms with Crippen molar-refractivity contribution < 1.29 is 37.9 Å². The molecule has 0 amide bonds. The first-order chi connectivity index (χ1) is 14.3. The third-order valence-electron chi connectivity index (χ3n) is 4.03. The van der Waals surface area contributed by atoms with Gasteiger partial charge in [-0.05, 0) is 42.3 Å². The topological polar surface area (TPSA) is 112 Å². The lowest BCUT2D eigenvalue weighted by Gasteiger charge is -2.12. The number of rotatable bonds is 9. The fourth-order valence-electron chi connectivity index (χ4n) is 2.71. The van der Waals surface area contributed by atoms with Gasteiger partial charge in [-0.1, -0.05) is 30.8 Å². The van der Waals surface area contributed by atoms with Crippen molar-refractivity contribution in [3.05, 3.63) is 47.5 Å². The van der Waals surface area contributed by atoms with Crippen molar-refractivity contribution in [2.45, 2.75) is 18.2 Å². The van der Waals surface area contributed by atoms with Crippen molar-refractivity contribution >= 4 is 31.4 Å². The van der Waals surface area contributed by atoms with E-state index in [1.165, 1.54) is 43.2 Å². The minimum Gasteiger partial charge on any atom is -0.493 e. The summed E-state index contributed by atoms with van der Waals surface area (Å²) >= 11 is 1.53. The van der Waals surface area contributed by atoms with Gasteiger partial charge < -0.3 is 18.7 Å². The zero-order chi connectivity index (χ0) is 21.7. The van der Waals surface area contributed by atoms with Crippen molar-refractivity contribution in [1.82, 2.24) is 0 Å². The van der Waals surface area contributed by atoms with Crippen LogP contribution < -0.4 is 18.7 Å². The number of ether oxygens (including phenoxy) is 3. The maximum absolute atomic E-state index is 12.8. The molecule has 0 atom stereocenters. The van der Waals surface area contributed by atoms with Gasteiger partial charge in [0.15, 0.2) is 17.3 Å². The van der Waals surface area contributed by atoms with Gasteiger partial charge in [-0.2, -0.15) is 0 Å². The van der Waals surface area contributed by atoms with E-state index in [9.17, 15) is 9.36 Å². The molecule has 2 aromatic carbocycles. The number of fused-ring (bicyclic) bond motifs is 1. The third kappa shape index (κ3) is 5.58. The third-order valence-corrected chi connectivity index (χ3v) is 5.33. The van der Waals surface area contributed by atoms with Crippen LogP contribution in [0.3, 0.4) is 0 Å². The standard InChI is InChI=1S/C20H21O8PS/c1-3-8-26-17-11-20-19(27-12-30-20)10-14(17)15(21)6-4-13-5-7-16(25-2)18(9-13)28-29(22,23)24/h4-7,9-11H,3,8,12H2,1-2H3,(H2,22,23,24). The number of hydrogen-bond donors (Lipinski definition) is 2. The summed E-state index contributed by atoms with van der Waals surface area (Å²) in [5, 5.41) is 0. The number of ketones is 1. The van der Waals surface area contributed by atoms with Gasteiger partial charge >= 0.3 is 7.82 Å². The van der Waals surface area contributed by atoms with Gasteiger partial charge in [0.1, 0.15) is 17.4 Å². The number of phosphoric acid groups is 1. The summed E-state index contributed by atoms with van der Waals surface area (Å²) in [6.45, 7) is 2.46. The average molecular weight is 452 g/mol. The molecule has 0 aromatic heterocycles. The Morgan fingerprint density at radius 2 is 2.03 bits per heavy atom. The summed E-state index contributed by atoms with van der Waals surface area (Å²) in [6.07, 6.45) is 3.67. The van der Waals surface area contributed by atoms with Crippen molar-refractivity contribution in [2.75, 3.05) is 19.7 Å². The smallest absolute Gasteiger partial charge is 0.493 e. The first kappa shape index (κ1) is 22.2. The average Bonchev–Trinajstić information content (AvgIpc) is 3.16. The number of allylic oxidation sites excluding steroid dienone is 1. The fourth-order valence-corrected chi connectivity index (χ4v) is 3.87. The van der Waals surface area contributed by atoms with E-state index in [2.05, 4.69) is 4.52 Å². The highest BCUT2D eigenvalue weighted by Gasteiger charge is 2.21. The summed E-state index contributed by atoms with van der Waals surface area (Å²) in [6, 6.07) is 7.97. The van der Waals surface area contributed by atoms with Crippen LogP contribution in [0.25, 0.3) is 6.08 Å².